The molecule has 0 aliphatic rings. The minimum absolute atomic E-state index is 0.407. The molecular formula is C23H26N4O3. The van der Waals surface area contributed by atoms with E-state index in [1.165, 1.54) is 5.56 Å². The zero-order valence-corrected chi connectivity index (χ0v) is 17.2. The largest absolute Gasteiger partial charge is 0.493 e. The number of rotatable bonds is 9. The number of ether oxygens (including phenoxy) is 3. The Morgan fingerprint density at radius 3 is 2.30 bits per heavy atom. The van der Waals surface area contributed by atoms with E-state index in [0.29, 0.717) is 35.6 Å². The van der Waals surface area contributed by atoms with E-state index in [1.807, 2.05) is 30.3 Å². The van der Waals surface area contributed by atoms with Gasteiger partial charge >= 0.3 is 0 Å². The maximum atomic E-state index is 5.95. The fourth-order valence-corrected chi connectivity index (χ4v) is 2.80. The molecule has 156 valence electrons. The average molecular weight is 406 g/mol. The highest BCUT2D eigenvalue weighted by Crippen LogP contribution is 2.39. The van der Waals surface area contributed by atoms with Crippen molar-refractivity contribution in [1.29, 1.82) is 0 Å². The molecule has 0 spiro atoms. The Labute approximate surface area is 176 Å². The quantitative estimate of drug-likeness (QED) is 0.417. The summed E-state index contributed by atoms with van der Waals surface area (Å²) >= 11 is 0. The highest BCUT2D eigenvalue weighted by Gasteiger charge is 2.13. The number of aromatic nitrogens is 1. The van der Waals surface area contributed by atoms with Gasteiger partial charge in [0.1, 0.15) is 0 Å². The van der Waals surface area contributed by atoms with Gasteiger partial charge in [-0.3, -0.25) is 0 Å². The molecule has 3 aromatic rings. The molecule has 3 rings (SSSR count). The van der Waals surface area contributed by atoms with Gasteiger partial charge in [-0.15, -0.1) is 0 Å². The zero-order chi connectivity index (χ0) is 21.2. The summed E-state index contributed by atoms with van der Waals surface area (Å²) in [5.74, 6) is 2.45. The number of hydrogen-bond donors (Lipinski definition) is 2. The molecule has 30 heavy (non-hydrogen) atoms. The Morgan fingerprint density at radius 2 is 1.67 bits per heavy atom. The maximum absolute atomic E-state index is 5.95. The molecule has 1 heterocycles. The van der Waals surface area contributed by atoms with E-state index in [0.717, 1.165) is 18.5 Å². The van der Waals surface area contributed by atoms with E-state index in [2.05, 4.69) is 27.4 Å². The van der Waals surface area contributed by atoms with Gasteiger partial charge in [0, 0.05) is 18.8 Å². The molecule has 0 atom stereocenters. The molecule has 0 saturated heterocycles. The van der Waals surface area contributed by atoms with Crippen molar-refractivity contribution in [2.24, 2.45) is 10.7 Å². The first kappa shape index (κ1) is 21.0. The lowest BCUT2D eigenvalue weighted by Crippen LogP contribution is -2.33. The number of benzene rings is 2. The molecule has 1 aromatic heterocycles. The zero-order valence-electron chi connectivity index (χ0n) is 17.2. The molecule has 0 unspecified atom stereocenters. The molecule has 0 saturated carbocycles. The van der Waals surface area contributed by atoms with Crippen molar-refractivity contribution < 1.29 is 14.2 Å². The molecule has 7 nitrogen and oxygen atoms in total. The Hall–Kier alpha value is -3.74. The summed E-state index contributed by atoms with van der Waals surface area (Å²) in [6, 6.07) is 19.3. The molecule has 0 bridgehead atoms. The number of para-hydroxylation sites is 1. The molecule has 0 fully saturated rings. The predicted octanol–water partition coefficient (Wildman–Crippen LogP) is 3.54. The van der Waals surface area contributed by atoms with Crippen molar-refractivity contribution in [3.05, 3.63) is 78.0 Å². The number of nitrogens with zero attached hydrogens (tertiary/aromatic N) is 2. The molecule has 0 amide bonds. The van der Waals surface area contributed by atoms with Crippen molar-refractivity contribution in [2.75, 3.05) is 20.8 Å². The second-order valence-corrected chi connectivity index (χ2v) is 6.46. The van der Waals surface area contributed by atoms with E-state index in [-0.39, 0.29) is 0 Å². The first-order valence-electron chi connectivity index (χ1n) is 9.61. The molecule has 0 aliphatic heterocycles. The summed E-state index contributed by atoms with van der Waals surface area (Å²) in [5, 5.41) is 3.13. The van der Waals surface area contributed by atoms with E-state index >= 15 is 0 Å². The maximum Gasteiger partial charge on any atom is 0.219 e. The molecular weight excluding hydrogens is 380 g/mol. The SMILES string of the molecule is COc1cccc(OC)c1Oc1ccc(CN=C(N)NCCc2ccccc2)cn1. The van der Waals surface area contributed by atoms with Crippen LogP contribution >= 0.6 is 0 Å². The summed E-state index contributed by atoms with van der Waals surface area (Å²) in [4.78, 5) is 8.70. The molecule has 7 heteroatoms. The fraction of sp³-hybridized carbons (Fsp3) is 0.217. The van der Waals surface area contributed by atoms with Crippen LogP contribution in [0.1, 0.15) is 11.1 Å². The summed E-state index contributed by atoms with van der Waals surface area (Å²) in [7, 11) is 3.16. The van der Waals surface area contributed by atoms with Crippen molar-refractivity contribution in [2.45, 2.75) is 13.0 Å². The van der Waals surface area contributed by atoms with Gasteiger partial charge in [0.25, 0.3) is 0 Å². The molecule has 2 aromatic carbocycles. The van der Waals surface area contributed by atoms with E-state index in [4.69, 9.17) is 19.9 Å². The normalized spacial score (nSPS) is 11.1. The van der Waals surface area contributed by atoms with Gasteiger partial charge in [0.15, 0.2) is 17.5 Å². The summed E-state index contributed by atoms with van der Waals surface area (Å²) < 4.78 is 16.5. The molecule has 3 N–H and O–H groups in total. The number of guanidine groups is 1. The van der Waals surface area contributed by atoms with Gasteiger partial charge in [0.05, 0.1) is 20.8 Å². The Bertz CT molecular complexity index is 938. The molecule has 0 radical (unpaired) electrons. The predicted molar refractivity (Wildman–Crippen MR) is 117 cm³/mol. The van der Waals surface area contributed by atoms with Crippen LogP contribution in [0.15, 0.2) is 71.9 Å². The Balaban J connectivity index is 1.54. The van der Waals surface area contributed by atoms with Gasteiger partial charge in [0.2, 0.25) is 11.6 Å². The lowest BCUT2D eigenvalue weighted by Gasteiger charge is -2.13. The number of pyridine rings is 1. The first-order chi connectivity index (χ1) is 14.7. The highest BCUT2D eigenvalue weighted by molar-refractivity contribution is 5.77. The number of aliphatic imine (C=N–C) groups is 1. The first-order valence-corrected chi connectivity index (χ1v) is 9.61. The fourth-order valence-electron chi connectivity index (χ4n) is 2.80. The monoisotopic (exact) mass is 406 g/mol. The number of nitrogens with one attached hydrogen (secondary N) is 1. The summed E-state index contributed by atoms with van der Waals surface area (Å²) in [6.07, 6.45) is 2.59. The third kappa shape index (κ3) is 5.88. The van der Waals surface area contributed by atoms with Crippen LogP contribution in [0.4, 0.5) is 0 Å². The van der Waals surface area contributed by atoms with E-state index in [1.54, 1.807) is 38.6 Å². The third-order valence-electron chi connectivity index (χ3n) is 4.38. The van der Waals surface area contributed by atoms with Gasteiger partial charge in [-0.2, -0.15) is 0 Å². The van der Waals surface area contributed by atoms with Crippen LogP contribution in [-0.4, -0.2) is 31.7 Å². The number of hydrogen-bond acceptors (Lipinski definition) is 5. The van der Waals surface area contributed by atoms with Crippen LogP contribution in [0.3, 0.4) is 0 Å². The van der Waals surface area contributed by atoms with E-state index in [9.17, 15) is 0 Å². The second kappa shape index (κ2) is 10.7. The van der Waals surface area contributed by atoms with Crippen LogP contribution in [0.25, 0.3) is 0 Å². The second-order valence-electron chi connectivity index (χ2n) is 6.46. The summed E-state index contributed by atoms with van der Waals surface area (Å²) in [5.41, 5.74) is 8.12. The smallest absolute Gasteiger partial charge is 0.219 e. The van der Waals surface area contributed by atoms with Crippen LogP contribution in [0.2, 0.25) is 0 Å². The lowest BCUT2D eigenvalue weighted by atomic mass is 10.1. The Kier molecular flexibility index (Phi) is 7.49. The third-order valence-corrected chi connectivity index (χ3v) is 4.38. The van der Waals surface area contributed by atoms with Crippen molar-refractivity contribution in [3.63, 3.8) is 0 Å². The van der Waals surface area contributed by atoms with Crippen LogP contribution in [-0.2, 0) is 13.0 Å². The minimum Gasteiger partial charge on any atom is -0.493 e. The molecule has 0 aliphatic carbocycles. The lowest BCUT2D eigenvalue weighted by molar-refractivity contribution is 0.342. The van der Waals surface area contributed by atoms with Crippen LogP contribution in [0, 0.1) is 0 Å². The highest BCUT2D eigenvalue weighted by atomic mass is 16.5. The van der Waals surface area contributed by atoms with Crippen LogP contribution < -0.4 is 25.3 Å². The Morgan fingerprint density at radius 1 is 0.933 bits per heavy atom. The van der Waals surface area contributed by atoms with E-state index < -0.39 is 0 Å². The van der Waals surface area contributed by atoms with Crippen molar-refractivity contribution in [3.8, 4) is 23.1 Å². The standard InChI is InChI=1S/C23H26N4O3/c1-28-19-9-6-10-20(29-2)22(19)30-21-12-11-18(15-26-21)16-27-23(24)25-14-13-17-7-4-3-5-8-17/h3-12,15H,13-14,16H2,1-2H3,(H3,24,25,27). The van der Waals surface area contributed by atoms with Gasteiger partial charge in [-0.05, 0) is 29.7 Å². The van der Waals surface area contributed by atoms with Crippen molar-refractivity contribution in [1.82, 2.24) is 10.3 Å². The number of methoxy groups -OCH3 is 2. The summed E-state index contributed by atoms with van der Waals surface area (Å²) in [6.45, 7) is 1.15. The van der Waals surface area contributed by atoms with Gasteiger partial charge < -0.3 is 25.3 Å². The van der Waals surface area contributed by atoms with Crippen LogP contribution in [0.5, 0.6) is 23.1 Å². The van der Waals surface area contributed by atoms with Gasteiger partial charge in [-0.25, -0.2) is 9.98 Å². The van der Waals surface area contributed by atoms with Crippen molar-refractivity contribution >= 4 is 5.96 Å². The topological polar surface area (TPSA) is 91.0 Å². The minimum atomic E-state index is 0.407. The average Bonchev–Trinajstić information content (AvgIpc) is 2.79. The number of nitrogens with two attached hydrogens (primary N) is 1. The van der Waals surface area contributed by atoms with Gasteiger partial charge in [-0.1, -0.05) is 42.5 Å².